The Morgan fingerprint density at radius 3 is 2.38 bits per heavy atom. The number of esters is 1. The van der Waals surface area contributed by atoms with E-state index in [4.69, 9.17) is 9.47 Å². The van der Waals surface area contributed by atoms with E-state index in [1.54, 1.807) is 67.8 Å². The minimum Gasteiger partial charge on any atom is -0.497 e. The number of hydrogen-bond donors (Lipinski definition) is 1. The number of nitro groups is 1. The molecule has 0 saturated heterocycles. The first kappa shape index (κ1) is 22.2. The molecule has 0 saturated carbocycles. The van der Waals surface area contributed by atoms with Crippen LogP contribution in [-0.4, -0.2) is 30.1 Å². The van der Waals surface area contributed by atoms with Crippen molar-refractivity contribution in [2.75, 3.05) is 7.11 Å². The maximum atomic E-state index is 11.3. The standard InChI is InChI=1S/C23H20N4O5/c1-16(28)32-22-5-3-4-18(14-22)23(25-19-8-12-21(31-2)13-9-19)26-24-15-17-6-10-20(11-7-17)27(29)30/h3-15H,1-2H3,(H,25,26)/b24-15+. The van der Waals surface area contributed by atoms with Gasteiger partial charge in [-0.15, -0.1) is 0 Å². The number of nitrogens with zero attached hydrogens (tertiary/aromatic N) is 3. The van der Waals surface area contributed by atoms with Crippen LogP contribution in [0.4, 0.5) is 11.4 Å². The number of carbonyl (C=O) groups excluding carboxylic acids is 1. The lowest BCUT2D eigenvalue weighted by molar-refractivity contribution is -0.384. The first-order valence-corrected chi connectivity index (χ1v) is 9.50. The maximum Gasteiger partial charge on any atom is 0.308 e. The smallest absolute Gasteiger partial charge is 0.308 e. The number of non-ortho nitro benzene ring substituents is 1. The van der Waals surface area contributed by atoms with E-state index in [9.17, 15) is 14.9 Å². The van der Waals surface area contributed by atoms with Gasteiger partial charge in [-0.05, 0) is 54.1 Å². The Balaban J connectivity index is 1.88. The van der Waals surface area contributed by atoms with Gasteiger partial charge in [-0.2, -0.15) is 5.10 Å². The molecule has 0 radical (unpaired) electrons. The van der Waals surface area contributed by atoms with Crippen molar-refractivity contribution in [2.24, 2.45) is 10.1 Å². The average Bonchev–Trinajstić information content (AvgIpc) is 2.79. The van der Waals surface area contributed by atoms with Gasteiger partial charge < -0.3 is 9.47 Å². The van der Waals surface area contributed by atoms with Gasteiger partial charge in [-0.3, -0.25) is 20.3 Å². The Kier molecular flexibility index (Phi) is 7.26. The van der Waals surface area contributed by atoms with E-state index in [2.05, 4.69) is 15.5 Å². The number of carbonyl (C=O) groups is 1. The van der Waals surface area contributed by atoms with Crippen molar-refractivity contribution in [1.82, 2.24) is 5.43 Å². The number of hydrogen-bond acceptors (Lipinski definition) is 7. The summed E-state index contributed by atoms with van der Waals surface area (Å²) in [5.74, 6) is 1.05. The summed E-state index contributed by atoms with van der Waals surface area (Å²) < 4.78 is 10.3. The molecule has 162 valence electrons. The number of nitro benzene ring substituents is 1. The van der Waals surface area contributed by atoms with Crippen molar-refractivity contribution in [2.45, 2.75) is 6.92 Å². The van der Waals surface area contributed by atoms with E-state index in [0.717, 1.165) is 0 Å². The zero-order chi connectivity index (χ0) is 22.9. The Morgan fingerprint density at radius 2 is 1.75 bits per heavy atom. The monoisotopic (exact) mass is 432 g/mol. The summed E-state index contributed by atoms with van der Waals surface area (Å²) >= 11 is 0. The van der Waals surface area contributed by atoms with E-state index in [-0.39, 0.29) is 5.69 Å². The number of methoxy groups -OCH3 is 1. The van der Waals surface area contributed by atoms with Crippen molar-refractivity contribution in [3.05, 3.63) is 94.0 Å². The Labute approximate surface area is 184 Å². The normalized spacial score (nSPS) is 11.2. The topological polar surface area (TPSA) is 115 Å². The van der Waals surface area contributed by atoms with Crippen LogP contribution in [0, 0.1) is 10.1 Å². The predicted molar refractivity (Wildman–Crippen MR) is 121 cm³/mol. The molecule has 0 amide bonds. The Hall–Kier alpha value is -4.53. The lowest BCUT2D eigenvalue weighted by Crippen LogP contribution is -2.19. The molecule has 9 heteroatoms. The van der Waals surface area contributed by atoms with Crippen molar-refractivity contribution in [3.63, 3.8) is 0 Å². The SMILES string of the molecule is COc1ccc(N=C(N/N=C/c2ccc([N+](=O)[O-])cc2)c2cccc(OC(C)=O)c2)cc1. The van der Waals surface area contributed by atoms with Crippen LogP contribution < -0.4 is 14.9 Å². The fourth-order valence-corrected chi connectivity index (χ4v) is 2.66. The first-order chi connectivity index (χ1) is 15.4. The zero-order valence-electron chi connectivity index (χ0n) is 17.4. The third kappa shape index (κ3) is 6.23. The summed E-state index contributed by atoms with van der Waals surface area (Å²) in [5, 5.41) is 15.0. The van der Waals surface area contributed by atoms with Gasteiger partial charge in [0.05, 0.1) is 23.9 Å². The van der Waals surface area contributed by atoms with E-state index < -0.39 is 10.9 Å². The predicted octanol–water partition coefficient (Wildman–Crippen LogP) is 4.23. The van der Waals surface area contributed by atoms with Gasteiger partial charge in [0, 0.05) is 24.6 Å². The molecule has 1 N–H and O–H groups in total. The zero-order valence-corrected chi connectivity index (χ0v) is 17.4. The molecule has 0 aromatic heterocycles. The molecular weight excluding hydrogens is 412 g/mol. The van der Waals surface area contributed by atoms with Crippen molar-refractivity contribution in [3.8, 4) is 11.5 Å². The average molecular weight is 432 g/mol. The fourth-order valence-electron chi connectivity index (χ4n) is 2.66. The highest BCUT2D eigenvalue weighted by atomic mass is 16.6. The van der Waals surface area contributed by atoms with Gasteiger partial charge >= 0.3 is 5.97 Å². The summed E-state index contributed by atoms with van der Waals surface area (Å²) in [5.41, 5.74) is 4.85. The van der Waals surface area contributed by atoms with Gasteiger partial charge in [0.1, 0.15) is 11.5 Å². The highest BCUT2D eigenvalue weighted by Gasteiger charge is 2.07. The van der Waals surface area contributed by atoms with Crippen LogP contribution in [0.25, 0.3) is 0 Å². The van der Waals surface area contributed by atoms with Crippen LogP contribution >= 0.6 is 0 Å². The van der Waals surface area contributed by atoms with Gasteiger partial charge in [0.2, 0.25) is 0 Å². The molecule has 0 heterocycles. The van der Waals surface area contributed by atoms with Gasteiger partial charge in [-0.25, -0.2) is 4.99 Å². The van der Waals surface area contributed by atoms with Gasteiger partial charge in [0.15, 0.2) is 5.84 Å². The second-order valence-electron chi connectivity index (χ2n) is 6.50. The number of hydrazone groups is 1. The molecule has 0 unspecified atom stereocenters. The molecule has 0 aliphatic rings. The van der Waals surface area contributed by atoms with Crippen molar-refractivity contribution in [1.29, 1.82) is 0 Å². The lowest BCUT2D eigenvalue weighted by Gasteiger charge is -2.09. The molecule has 0 bridgehead atoms. The molecule has 9 nitrogen and oxygen atoms in total. The summed E-state index contributed by atoms with van der Waals surface area (Å²) in [6, 6.07) is 20.0. The molecule has 3 rings (SSSR count). The number of aliphatic imine (C=N–C) groups is 1. The van der Waals surface area contributed by atoms with E-state index in [0.29, 0.717) is 34.1 Å². The highest BCUT2D eigenvalue weighted by Crippen LogP contribution is 2.20. The Bertz CT molecular complexity index is 1160. The molecule has 0 spiro atoms. The summed E-state index contributed by atoms with van der Waals surface area (Å²) in [4.78, 5) is 26.2. The van der Waals surface area contributed by atoms with Crippen molar-refractivity contribution >= 4 is 29.4 Å². The molecule has 0 atom stereocenters. The number of nitrogens with one attached hydrogen (secondary N) is 1. The number of amidine groups is 1. The molecule has 32 heavy (non-hydrogen) atoms. The molecule has 0 aliphatic heterocycles. The summed E-state index contributed by atoms with van der Waals surface area (Å²) in [7, 11) is 1.58. The maximum absolute atomic E-state index is 11.3. The molecule has 0 aliphatic carbocycles. The molecule has 3 aromatic rings. The fraction of sp³-hybridized carbons (Fsp3) is 0.0870. The second-order valence-corrected chi connectivity index (χ2v) is 6.50. The summed E-state index contributed by atoms with van der Waals surface area (Å²) in [6.07, 6.45) is 1.52. The van der Waals surface area contributed by atoms with E-state index in [1.165, 1.54) is 25.3 Å². The molecule has 3 aromatic carbocycles. The summed E-state index contributed by atoms with van der Waals surface area (Å²) in [6.45, 7) is 1.33. The molecular formula is C23H20N4O5. The first-order valence-electron chi connectivity index (χ1n) is 9.50. The highest BCUT2D eigenvalue weighted by molar-refractivity contribution is 6.01. The van der Waals surface area contributed by atoms with Gasteiger partial charge in [0.25, 0.3) is 5.69 Å². The third-order valence-corrected chi connectivity index (χ3v) is 4.17. The van der Waals surface area contributed by atoms with Crippen LogP contribution in [0.5, 0.6) is 11.5 Å². The Morgan fingerprint density at radius 1 is 1.03 bits per heavy atom. The molecule has 0 fully saturated rings. The van der Waals surface area contributed by atoms with Crippen LogP contribution in [0.3, 0.4) is 0 Å². The third-order valence-electron chi connectivity index (χ3n) is 4.17. The number of ether oxygens (including phenoxy) is 2. The number of rotatable bonds is 7. The quantitative estimate of drug-likeness (QED) is 0.149. The second kappa shape index (κ2) is 10.5. The lowest BCUT2D eigenvalue weighted by atomic mass is 10.2. The minimum atomic E-state index is -0.463. The van der Waals surface area contributed by atoms with Crippen LogP contribution in [0.2, 0.25) is 0 Å². The van der Waals surface area contributed by atoms with E-state index in [1.807, 2.05) is 0 Å². The van der Waals surface area contributed by atoms with Crippen LogP contribution in [0.1, 0.15) is 18.1 Å². The van der Waals surface area contributed by atoms with Crippen LogP contribution in [0.15, 0.2) is 82.9 Å². The van der Waals surface area contributed by atoms with E-state index >= 15 is 0 Å². The number of benzene rings is 3. The van der Waals surface area contributed by atoms with Crippen molar-refractivity contribution < 1.29 is 19.2 Å². The van der Waals surface area contributed by atoms with Gasteiger partial charge in [-0.1, -0.05) is 12.1 Å². The minimum absolute atomic E-state index is 0.000785. The largest absolute Gasteiger partial charge is 0.497 e. The van der Waals surface area contributed by atoms with Crippen LogP contribution in [-0.2, 0) is 4.79 Å².